The molecule has 4 N–H and O–H groups in total. The first-order valence-corrected chi connectivity index (χ1v) is 4.37. The van der Waals surface area contributed by atoms with Gasteiger partial charge in [0.15, 0.2) is 0 Å². The lowest BCUT2D eigenvalue weighted by atomic mass is 9.86. The summed E-state index contributed by atoms with van der Waals surface area (Å²) in [5, 5.41) is 12.1. The number of anilines is 2. The smallest absolute Gasteiger partial charge is 0.234 e. The summed E-state index contributed by atoms with van der Waals surface area (Å²) in [6, 6.07) is 3.12. The van der Waals surface area contributed by atoms with E-state index in [0.717, 1.165) is 5.56 Å². The van der Waals surface area contributed by atoms with Crippen LogP contribution in [0.15, 0.2) is 12.1 Å². The maximum absolute atomic E-state index is 11.5. The summed E-state index contributed by atoms with van der Waals surface area (Å²) in [6.07, 6.45) is 0. The molecule has 0 saturated carbocycles. The van der Waals surface area contributed by atoms with Crippen molar-refractivity contribution in [3.8, 4) is 5.75 Å². The second-order valence-corrected chi connectivity index (χ2v) is 4.04. The molecule has 0 aromatic heterocycles. The Morgan fingerprint density at radius 3 is 2.60 bits per heavy atom. The number of benzene rings is 1. The average Bonchev–Trinajstić information content (AvgIpc) is 2.28. The van der Waals surface area contributed by atoms with Gasteiger partial charge in [-0.3, -0.25) is 4.79 Å². The van der Waals surface area contributed by atoms with Gasteiger partial charge < -0.3 is 16.2 Å². The minimum absolute atomic E-state index is 0. The predicted octanol–water partition coefficient (Wildman–Crippen LogP) is 1.63. The fraction of sp³-hybridized carbons (Fsp3) is 0.300. The van der Waals surface area contributed by atoms with Crippen LogP contribution in [0.4, 0.5) is 11.4 Å². The number of nitrogen functional groups attached to an aromatic ring is 1. The van der Waals surface area contributed by atoms with E-state index >= 15 is 0 Å². The molecule has 0 spiro atoms. The van der Waals surface area contributed by atoms with Crippen LogP contribution >= 0.6 is 12.4 Å². The van der Waals surface area contributed by atoms with E-state index in [4.69, 9.17) is 5.73 Å². The number of aromatic hydroxyl groups is 1. The molecular weight excluding hydrogens is 216 g/mol. The lowest BCUT2D eigenvalue weighted by Gasteiger charge is -2.15. The molecule has 0 bridgehead atoms. The number of phenols is 1. The van der Waals surface area contributed by atoms with Crippen LogP contribution in [0.2, 0.25) is 0 Å². The number of halogens is 1. The Labute approximate surface area is 93.9 Å². The number of carbonyl (C=O) groups is 1. The van der Waals surface area contributed by atoms with Gasteiger partial charge in [-0.05, 0) is 25.5 Å². The number of hydrogen-bond donors (Lipinski definition) is 3. The summed E-state index contributed by atoms with van der Waals surface area (Å²) in [5.74, 6) is -0.0701. The third-order valence-corrected chi connectivity index (χ3v) is 2.66. The molecule has 0 radical (unpaired) electrons. The first-order valence-electron chi connectivity index (χ1n) is 4.37. The highest BCUT2D eigenvalue weighted by atomic mass is 35.5. The molecule has 4 nitrogen and oxygen atoms in total. The van der Waals surface area contributed by atoms with Crippen LogP contribution < -0.4 is 11.1 Å². The maximum atomic E-state index is 11.5. The summed E-state index contributed by atoms with van der Waals surface area (Å²) in [7, 11) is 0. The highest BCUT2D eigenvalue weighted by Crippen LogP contribution is 2.41. The Morgan fingerprint density at radius 1 is 1.40 bits per heavy atom. The molecular formula is C10H13ClN2O2. The molecule has 0 aliphatic carbocycles. The number of nitrogens with one attached hydrogen (secondary N) is 1. The van der Waals surface area contributed by atoms with E-state index in [9.17, 15) is 9.90 Å². The number of phenolic OH excluding ortho intramolecular Hbond substituents is 1. The third kappa shape index (κ3) is 1.51. The lowest BCUT2D eigenvalue weighted by Crippen LogP contribution is -2.26. The molecule has 82 valence electrons. The van der Waals surface area contributed by atoms with Gasteiger partial charge in [0.2, 0.25) is 5.91 Å². The molecule has 2 rings (SSSR count). The highest BCUT2D eigenvalue weighted by Gasteiger charge is 2.38. The van der Waals surface area contributed by atoms with E-state index in [0.29, 0.717) is 11.4 Å². The Balaban J connectivity index is 0.00000112. The van der Waals surface area contributed by atoms with Gasteiger partial charge >= 0.3 is 0 Å². The van der Waals surface area contributed by atoms with Crippen molar-refractivity contribution >= 4 is 29.7 Å². The zero-order valence-corrected chi connectivity index (χ0v) is 9.31. The first-order chi connectivity index (χ1) is 6.43. The third-order valence-electron chi connectivity index (χ3n) is 2.66. The minimum atomic E-state index is -0.572. The highest BCUT2D eigenvalue weighted by molar-refractivity contribution is 6.06. The SMILES string of the molecule is CC1(C)C(=O)Nc2cc(O)c(N)cc21.Cl. The van der Waals surface area contributed by atoms with Crippen LogP contribution in [0.25, 0.3) is 0 Å². The normalized spacial score (nSPS) is 16.5. The maximum Gasteiger partial charge on any atom is 0.234 e. The predicted molar refractivity (Wildman–Crippen MR) is 61.4 cm³/mol. The van der Waals surface area contributed by atoms with E-state index in [1.165, 1.54) is 6.07 Å². The van der Waals surface area contributed by atoms with Crippen molar-refractivity contribution in [2.45, 2.75) is 19.3 Å². The Bertz CT molecular complexity index is 430. The Kier molecular flexibility index (Phi) is 2.57. The van der Waals surface area contributed by atoms with Crippen LogP contribution in [0.1, 0.15) is 19.4 Å². The van der Waals surface area contributed by atoms with Crippen LogP contribution in [0.5, 0.6) is 5.75 Å². The topological polar surface area (TPSA) is 75.3 Å². The molecule has 1 heterocycles. The number of rotatable bonds is 0. The average molecular weight is 229 g/mol. The molecule has 5 heteroatoms. The molecule has 1 amide bonds. The lowest BCUT2D eigenvalue weighted by molar-refractivity contribution is -0.119. The van der Waals surface area contributed by atoms with E-state index in [2.05, 4.69) is 5.32 Å². The van der Waals surface area contributed by atoms with Gasteiger partial charge in [0.05, 0.1) is 11.1 Å². The summed E-state index contributed by atoms with van der Waals surface area (Å²) >= 11 is 0. The van der Waals surface area contributed by atoms with Gasteiger partial charge in [0.1, 0.15) is 5.75 Å². The van der Waals surface area contributed by atoms with E-state index in [1.54, 1.807) is 6.07 Å². The van der Waals surface area contributed by atoms with Crippen LogP contribution in [-0.2, 0) is 10.2 Å². The zero-order valence-electron chi connectivity index (χ0n) is 8.50. The molecule has 1 aromatic rings. The molecule has 1 aliphatic heterocycles. The summed E-state index contributed by atoms with van der Waals surface area (Å²) < 4.78 is 0. The molecule has 0 atom stereocenters. The van der Waals surface area contributed by atoms with Gasteiger partial charge in [0, 0.05) is 11.8 Å². The molecule has 0 saturated heterocycles. The van der Waals surface area contributed by atoms with Crippen molar-refractivity contribution in [1.29, 1.82) is 0 Å². The molecule has 15 heavy (non-hydrogen) atoms. The van der Waals surface area contributed by atoms with Crippen LogP contribution in [-0.4, -0.2) is 11.0 Å². The zero-order chi connectivity index (χ0) is 10.5. The number of fused-ring (bicyclic) bond motifs is 1. The van der Waals surface area contributed by atoms with Gasteiger partial charge in [0.25, 0.3) is 0 Å². The van der Waals surface area contributed by atoms with Crippen molar-refractivity contribution in [3.05, 3.63) is 17.7 Å². The quantitative estimate of drug-likeness (QED) is 0.467. The molecule has 0 fully saturated rings. The van der Waals surface area contributed by atoms with Crippen molar-refractivity contribution in [2.75, 3.05) is 11.1 Å². The van der Waals surface area contributed by atoms with Gasteiger partial charge in [-0.25, -0.2) is 0 Å². The minimum Gasteiger partial charge on any atom is -0.506 e. The van der Waals surface area contributed by atoms with Gasteiger partial charge in [-0.15, -0.1) is 12.4 Å². The van der Waals surface area contributed by atoms with E-state index in [-0.39, 0.29) is 24.1 Å². The molecule has 1 aliphatic rings. The summed E-state index contributed by atoms with van der Waals surface area (Å²) in [4.78, 5) is 11.5. The number of hydrogen-bond acceptors (Lipinski definition) is 3. The fourth-order valence-corrected chi connectivity index (χ4v) is 1.63. The fourth-order valence-electron chi connectivity index (χ4n) is 1.63. The Morgan fingerprint density at radius 2 is 2.00 bits per heavy atom. The van der Waals surface area contributed by atoms with E-state index < -0.39 is 5.41 Å². The molecule has 0 unspecified atom stereocenters. The second-order valence-electron chi connectivity index (χ2n) is 4.04. The molecule has 1 aromatic carbocycles. The number of amides is 1. The van der Waals surface area contributed by atoms with Crippen LogP contribution in [0.3, 0.4) is 0 Å². The van der Waals surface area contributed by atoms with Crippen LogP contribution in [0, 0.1) is 0 Å². The second kappa shape index (κ2) is 3.31. The van der Waals surface area contributed by atoms with Crippen molar-refractivity contribution < 1.29 is 9.90 Å². The largest absolute Gasteiger partial charge is 0.506 e. The number of carbonyl (C=O) groups excluding carboxylic acids is 1. The van der Waals surface area contributed by atoms with Gasteiger partial charge in [-0.1, -0.05) is 0 Å². The monoisotopic (exact) mass is 228 g/mol. The number of nitrogens with two attached hydrogens (primary N) is 1. The van der Waals surface area contributed by atoms with Crippen molar-refractivity contribution in [2.24, 2.45) is 0 Å². The standard InChI is InChI=1S/C10H12N2O2.ClH/c1-10(2)5-3-6(11)8(13)4-7(5)12-9(10)14;/h3-4,13H,11H2,1-2H3,(H,12,14);1H. The first kappa shape index (κ1) is 11.7. The summed E-state index contributed by atoms with van der Waals surface area (Å²) in [5.41, 5.74) is 6.77. The van der Waals surface area contributed by atoms with Crippen molar-refractivity contribution in [1.82, 2.24) is 0 Å². The summed E-state index contributed by atoms with van der Waals surface area (Å²) in [6.45, 7) is 3.65. The van der Waals surface area contributed by atoms with E-state index in [1.807, 2.05) is 13.8 Å². The Hall–Kier alpha value is -1.42. The van der Waals surface area contributed by atoms with Gasteiger partial charge in [-0.2, -0.15) is 0 Å². The van der Waals surface area contributed by atoms with Crippen molar-refractivity contribution in [3.63, 3.8) is 0 Å².